The maximum Gasteiger partial charge on any atom is 0.310 e. The van der Waals surface area contributed by atoms with Crippen molar-refractivity contribution in [3.63, 3.8) is 0 Å². The van der Waals surface area contributed by atoms with Gasteiger partial charge < -0.3 is 0 Å². The molecule has 1 aliphatic rings. The summed E-state index contributed by atoms with van der Waals surface area (Å²) in [6.45, 7) is 1.11. The van der Waals surface area contributed by atoms with Crippen LogP contribution in [0.15, 0.2) is 24.3 Å². The first kappa shape index (κ1) is 17.7. The van der Waals surface area contributed by atoms with E-state index in [0.29, 0.717) is 5.92 Å². The first-order valence-corrected chi connectivity index (χ1v) is 9.63. The van der Waals surface area contributed by atoms with Crippen molar-refractivity contribution in [3.8, 4) is 0 Å². The van der Waals surface area contributed by atoms with E-state index in [1.165, 1.54) is 12.8 Å². The second-order valence-electron chi connectivity index (χ2n) is 6.85. The molecule has 0 bridgehead atoms. The van der Waals surface area contributed by atoms with Crippen molar-refractivity contribution in [1.29, 1.82) is 0 Å². The van der Waals surface area contributed by atoms with Gasteiger partial charge in [-0.25, -0.2) is 18.3 Å². The molecule has 22 heavy (non-hydrogen) atoms. The number of benzene rings is 1. The molecule has 1 aromatic carbocycles. The van der Waals surface area contributed by atoms with E-state index in [9.17, 15) is 0 Å². The van der Waals surface area contributed by atoms with Gasteiger partial charge in [-0.05, 0) is 65.1 Å². The van der Waals surface area contributed by atoms with Gasteiger partial charge in [0, 0.05) is 6.54 Å². The van der Waals surface area contributed by atoms with Crippen molar-refractivity contribution >= 4 is 7.51 Å². The number of likely N-dealkylation sites (N-methyl/N-ethyl adjacent to an activating group) is 1. The summed E-state index contributed by atoms with van der Waals surface area (Å²) in [5, 5.41) is 0. The first-order valence-electron chi connectivity index (χ1n) is 8.03. The average molecular weight is 323 g/mol. The highest BCUT2D eigenvalue weighted by molar-refractivity contribution is 7.56. The van der Waals surface area contributed by atoms with E-state index in [4.69, 9.17) is 0 Å². The van der Waals surface area contributed by atoms with Crippen LogP contribution < -0.4 is 0 Å². The summed E-state index contributed by atoms with van der Waals surface area (Å²) in [5.41, 5.74) is 3.10. The van der Waals surface area contributed by atoms with Crippen LogP contribution in [0.5, 0.6) is 0 Å². The molecule has 1 aliphatic carbocycles. The van der Waals surface area contributed by atoms with Gasteiger partial charge in [0.25, 0.3) is 0 Å². The normalized spacial score (nSPS) is 18.4. The van der Waals surface area contributed by atoms with E-state index in [0.717, 1.165) is 6.54 Å². The lowest BCUT2D eigenvalue weighted by Gasteiger charge is -2.39. The molecule has 0 radical (unpaired) electrons. The van der Waals surface area contributed by atoms with E-state index >= 15 is 0 Å². The van der Waals surface area contributed by atoms with E-state index in [2.05, 4.69) is 91.9 Å². The monoisotopic (exact) mass is 323 g/mol. The predicted molar refractivity (Wildman–Crippen MR) is 96.5 cm³/mol. The molecule has 1 aromatic rings. The van der Waals surface area contributed by atoms with Gasteiger partial charge in [-0.2, -0.15) is 0 Å². The standard InChI is InChI=1S/C17H32N4P/c1-18(2)22(19(3)4,20(5)6)21(7)14-16-13-12-15-10-8-9-11-17(15)16/h8-11,16H,12-14H2,1-7H3/q+1. The summed E-state index contributed by atoms with van der Waals surface area (Å²) in [7, 11) is 13.9. The maximum atomic E-state index is 2.58. The van der Waals surface area contributed by atoms with Gasteiger partial charge in [0.1, 0.15) is 14.1 Å². The van der Waals surface area contributed by atoms with Crippen LogP contribution in [0, 0.1) is 0 Å². The number of aryl methyl sites for hydroxylation is 1. The lowest BCUT2D eigenvalue weighted by molar-refractivity contribution is -0.453. The minimum atomic E-state index is -1.63. The Hall–Kier alpha value is -0.670. The largest absolute Gasteiger partial charge is 0.310 e. The van der Waals surface area contributed by atoms with Crippen LogP contribution in [0.4, 0.5) is 0 Å². The van der Waals surface area contributed by atoms with Crippen LogP contribution in [-0.2, 0) is 6.42 Å². The quantitative estimate of drug-likeness (QED) is 0.773. The van der Waals surface area contributed by atoms with Gasteiger partial charge in [-0.1, -0.05) is 24.3 Å². The third kappa shape index (κ3) is 2.90. The molecule has 0 saturated heterocycles. The Morgan fingerprint density at radius 2 is 1.64 bits per heavy atom. The highest BCUT2D eigenvalue weighted by atomic mass is 31.2. The molecule has 0 aromatic heterocycles. The number of hydrogen-bond donors (Lipinski definition) is 0. The lowest BCUT2D eigenvalue weighted by atomic mass is 10.0. The SMILES string of the molecule is CN(C)P(N(C)C)(N(C)CC1CCc2ccccc21)=[N+](C)C. The molecule has 1 unspecified atom stereocenters. The lowest BCUT2D eigenvalue weighted by Crippen LogP contribution is -2.38. The summed E-state index contributed by atoms with van der Waals surface area (Å²) in [5.74, 6) is 0.653. The molecular weight excluding hydrogens is 291 g/mol. The number of nitrogens with zero attached hydrogens (tertiary/aromatic N) is 4. The van der Waals surface area contributed by atoms with E-state index < -0.39 is 7.51 Å². The third-order valence-electron chi connectivity index (χ3n) is 4.81. The molecule has 0 fully saturated rings. The zero-order valence-corrected chi connectivity index (χ0v) is 16.1. The van der Waals surface area contributed by atoms with E-state index in [1.807, 2.05) is 0 Å². The zero-order valence-electron chi connectivity index (χ0n) is 15.2. The molecular formula is C17H32N4P+. The molecule has 0 amide bonds. The van der Waals surface area contributed by atoms with Crippen LogP contribution >= 0.6 is 7.51 Å². The first-order chi connectivity index (χ1) is 10.3. The van der Waals surface area contributed by atoms with Gasteiger partial charge in [0.15, 0.2) is 0 Å². The molecule has 0 saturated carbocycles. The minimum Gasteiger partial charge on any atom is -0.228 e. The minimum absolute atomic E-state index is 0.653. The Balaban J connectivity index is 2.32. The molecule has 5 heteroatoms. The van der Waals surface area contributed by atoms with Crippen molar-refractivity contribution < 1.29 is 4.33 Å². The Labute approximate surface area is 136 Å². The summed E-state index contributed by atoms with van der Waals surface area (Å²) in [6.07, 6.45) is 2.50. The van der Waals surface area contributed by atoms with Crippen LogP contribution in [0.1, 0.15) is 23.5 Å². The summed E-state index contributed by atoms with van der Waals surface area (Å²) in [6, 6.07) is 8.97. The fraction of sp³-hybridized carbons (Fsp3) is 0.647. The molecule has 2 rings (SSSR count). The van der Waals surface area contributed by atoms with Crippen molar-refractivity contribution in [2.75, 3.05) is 55.9 Å². The Bertz CT molecular complexity index is 564. The second kappa shape index (κ2) is 6.84. The number of rotatable bonds is 5. The van der Waals surface area contributed by atoms with Crippen molar-refractivity contribution in [3.05, 3.63) is 35.4 Å². The molecule has 0 spiro atoms. The molecule has 124 valence electrons. The number of fused-ring (bicyclic) bond motifs is 1. The van der Waals surface area contributed by atoms with Gasteiger partial charge in [0.05, 0.1) is 0 Å². The van der Waals surface area contributed by atoms with Crippen LogP contribution in [0.3, 0.4) is 0 Å². The maximum absolute atomic E-state index is 2.58. The van der Waals surface area contributed by atoms with Crippen LogP contribution in [-0.4, -0.2) is 74.2 Å². The zero-order chi connectivity index (χ0) is 16.5. The third-order valence-corrected chi connectivity index (χ3v) is 9.11. The Morgan fingerprint density at radius 1 is 1.05 bits per heavy atom. The fourth-order valence-electron chi connectivity index (χ4n) is 4.25. The topological polar surface area (TPSA) is 12.7 Å². The average Bonchev–Trinajstić information content (AvgIpc) is 2.81. The van der Waals surface area contributed by atoms with Crippen LogP contribution in [0.25, 0.3) is 0 Å². The van der Waals surface area contributed by atoms with Gasteiger partial charge >= 0.3 is 7.51 Å². The summed E-state index contributed by atoms with van der Waals surface area (Å²) >= 11 is 0. The second-order valence-corrected chi connectivity index (χ2v) is 11.0. The molecule has 1 atom stereocenters. The van der Waals surface area contributed by atoms with E-state index in [-0.39, 0.29) is 0 Å². The Morgan fingerprint density at radius 3 is 2.18 bits per heavy atom. The van der Waals surface area contributed by atoms with Crippen LogP contribution in [0.2, 0.25) is 0 Å². The van der Waals surface area contributed by atoms with Crippen molar-refractivity contribution in [1.82, 2.24) is 14.0 Å². The van der Waals surface area contributed by atoms with Gasteiger partial charge in [0.2, 0.25) is 0 Å². The number of hydrogen-bond acceptors (Lipinski definition) is 0. The highest BCUT2D eigenvalue weighted by Crippen LogP contribution is 2.55. The molecule has 0 N–H and O–H groups in total. The molecule has 4 nitrogen and oxygen atoms in total. The van der Waals surface area contributed by atoms with Crippen molar-refractivity contribution in [2.24, 2.45) is 0 Å². The van der Waals surface area contributed by atoms with E-state index in [1.54, 1.807) is 11.1 Å². The van der Waals surface area contributed by atoms with Gasteiger partial charge in [-0.15, -0.1) is 0 Å². The van der Waals surface area contributed by atoms with Crippen molar-refractivity contribution in [2.45, 2.75) is 18.8 Å². The highest BCUT2D eigenvalue weighted by Gasteiger charge is 2.40. The summed E-state index contributed by atoms with van der Waals surface area (Å²) in [4.78, 5) is 0. The summed E-state index contributed by atoms with van der Waals surface area (Å²) < 4.78 is 9.77. The molecule has 0 aliphatic heterocycles. The molecule has 0 heterocycles. The smallest absolute Gasteiger partial charge is 0.228 e. The Kier molecular flexibility index (Phi) is 5.50. The van der Waals surface area contributed by atoms with Gasteiger partial charge in [-0.3, -0.25) is 0 Å². The fourth-order valence-corrected chi connectivity index (χ4v) is 8.65. The predicted octanol–water partition coefficient (Wildman–Crippen LogP) is 2.99.